The van der Waals surface area contributed by atoms with Crippen LogP contribution in [-0.4, -0.2) is 25.0 Å². The lowest BCUT2D eigenvalue weighted by molar-refractivity contribution is -0.119. The van der Waals surface area contributed by atoms with Gasteiger partial charge in [-0.25, -0.2) is 4.99 Å². The smallest absolute Gasteiger partial charge is 0.240 e. The molecule has 0 saturated carbocycles. The van der Waals surface area contributed by atoms with Gasteiger partial charge in [0.05, 0.1) is 13.7 Å². The molecule has 1 amide bonds. The molecule has 6 heteroatoms. The second-order valence-corrected chi connectivity index (χ2v) is 4.44. The van der Waals surface area contributed by atoms with Crippen molar-refractivity contribution in [2.24, 2.45) is 16.5 Å². The van der Waals surface area contributed by atoms with Crippen LogP contribution in [0.5, 0.6) is 5.75 Å². The predicted molar refractivity (Wildman–Crippen MR) is 79.3 cm³/mol. The molecular formula is C14H22N4O2. The summed E-state index contributed by atoms with van der Waals surface area (Å²) >= 11 is 0. The molecule has 110 valence electrons. The van der Waals surface area contributed by atoms with Gasteiger partial charge >= 0.3 is 0 Å². The number of carbonyl (C=O) groups excluding carboxylic acids is 1. The number of hydrogen-bond acceptors (Lipinski definition) is 3. The maximum absolute atomic E-state index is 11.2. The van der Waals surface area contributed by atoms with Crippen LogP contribution >= 0.6 is 0 Å². The van der Waals surface area contributed by atoms with Crippen LogP contribution in [0.25, 0.3) is 0 Å². The Kier molecular flexibility index (Phi) is 6.36. The van der Waals surface area contributed by atoms with Gasteiger partial charge in [0.2, 0.25) is 5.91 Å². The number of amides is 1. The molecule has 1 rings (SSSR count). The highest BCUT2D eigenvalue weighted by atomic mass is 16.5. The minimum absolute atomic E-state index is 0.220. The van der Waals surface area contributed by atoms with E-state index in [1.165, 1.54) is 0 Å². The number of methoxy groups -OCH3 is 1. The van der Waals surface area contributed by atoms with Gasteiger partial charge in [-0.15, -0.1) is 0 Å². The molecule has 1 aromatic carbocycles. The zero-order valence-electron chi connectivity index (χ0n) is 11.9. The van der Waals surface area contributed by atoms with Gasteiger partial charge in [-0.1, -0.05) is 25.5 Å². The molecule has 0 radical (unpaired) electrons. The van der Waals surface area contributed by atoms with Gasteiger partial charge in [0, 0.05) is 0 Å². The Labute approximate surface area is 119 Å². The summed E-state index contributed by atoms with van der Waals surface area (Å²) < 4.78 is 5.08. The lowest BCUT2D eigenvalue weighted by Gasteiger charge is -2.14. The third-order valence-corrected chi connectivity index (χ3v) is 2.83. The van der Waals surface area contributed by atoms with E-state index in [0.717, 1.165) is 17.7 Å². The normalized spacial score (nSPS) is 12.8. The Morgan fingerprint density at radius 2 is 2.00 bits per heavy atom. The van der Waals surface area contributed by atoms with Crippen LogP contribution in [0.4, 0.5) is 0 Å². The Bertz CT molecular complexity index is 457. The number of nitrogens with one attached hydrogen (secondary N) is 1. The zero-order valence-corrected chi connectivity index (χ0v) is 11.9. The van der Waals surface area contributed by atoms with Crippen molar-refractivity contribution in [3.63, 3.8) is 0 Å². The second kappa shape index (κ2) is 8.04. The summed E-state index contributed by atoms with van der Waals surface area (Å²) in [5, 5.41) is 2.84. The number of benzene rings is 1. The number of nitrogens with two attached hydrogens (primary N) is 2. The summed E-state index contributed by atoms with van der Waals surface area (Å²) in [7, 11) is 1.62. The maximum atomic E-state index is 11.2. The van der Waals surface area contributed by atoms with E-state index in [0.29, 0.717) is 13.0 Å². The third kappa shape index (κ3) is 5.17. The van der Waals surface area contributed by atoms with Crippen molar-refractivity contribution in [3.05, 3.63) is 29.8 Å². The van der Waals surface area contributed by atoms with Gasteiger partial charge in [-0.05, 0) is 24.1 Å². The Hall–Kier alpha value is -2.24. The molecule has 5 N–H and O–H groups in total. The summed E-state index contributed by atoms with van der Waals surface area (Å²) in [6.07, 6.45) is 1.47. The molecule has 0 spiro atoms. The topological polar surface area (TPSA) is 103 Å². The first-order chi connectivity index (χ1) is 9.56. The van der Waals surface area contributed by atoms with Gasteiger partial charge < -0.3 is 21.5 Å². The zero-order chi connectivity index (χ0) is 15.0. The SMILES string of the molecule is CCC[C@H](NC(N)=NCc1ccc(OC)cc1)C(N)=O. The highest BCUT2D eigenvalue weighted by Crippen LogP contribution is 2.11. The van der Waals surface area contributed by atoms with Crippen LogP contribution in [0.3, 0.4) is 0 Å². The number of aliphatic imine (C=N–C) groups is 1. The van der Waals surface area contributed by atoms with Crippen molar-refractivity contribution >= 4 is 11.9 Å². The van der Waals surface area contributed by atoms with Crippen molar-refractivity contribution < 1.29 is 9.53 Å². The largest absolute Gasteiger partial charge is 0.497 e. The molecule has 1 aromatic rings. The van der Waals surface area contributed by atoms with Crippen LogP contribution < -0.4 is 21.5 Å². The van der Waals surface area contributed by atoms with Crippen LogP contribution in [0.1, 0.15) is 25.3 Å². The van der Waals surface area contributed by atoms with Crippen molar-refractivity contribution in [3.8, 4) is 5.75 Å². The third-order valence-electron chi connectivity index (χ3n) is 2.83. The fraction of sp³-hybridized carbons (Fsp3) is 0.429. The predicted octanol–water partition coefficient (Wildman–Crippen LogP) is 0.754. The fourth-order valence-electron chi connectivity index (χ4n) is 1.71. The average molecular weight is 278 g/mol. The lowest BCUT2D eigenvalue weighted by atomic mass is 10.1. The highest BCUT2D eigenvalue weighted by molar-refractivity contribution is 5.87. The Morgan fingerprint density at radius 3 is 2.50 bits per heavy atom. The van der Waals surface area contributed by atoms with Crippen LogP contribution in [0.2, 0.25) is 0 Å². The summed E-state index contributed by atoms with van der Waals surface area (Å²) in [6.45, 7) is 2.41. The van der Waals surface area contributed by atoms with E-state index < -0.39 is 11.9 Å². The van der Waals surface area contributed by atoms with E-state index in [1.54, 1.807) is 7.11 Å². The van der Waals surface area contributed by atoms with Crippen LogP contribution in [0, 0.1) is 0 Å². The first-order valence-electron chi connectivity index (χ1n) is 6.55. The number of carbonyl (C=O) groups is 1. The number of ether oxygens (including phenoxy) is 1. The fourth-order valence-corrected chi connectivity index (χ4v) is 1.71. The van der Waals surface area contributed by atoms with Gasteiger partial charge in [0.15, 0.2) is 5.96 Å². The maximum Gasteiger partial charge on any atom is 0.240 e. The first kappa shape index (κ1) is 15.8. The Balaban J connectivity index is 2.57. The van der Waals surface area contributed by atoms with Gasteiger partial charge in [-0.3, -0.25) is 4.79 Å². The monoisotopic (exact) mass is 278 g/mol. The average Bonchev–Trinajstić information content (AvgIpc) is 2.45. The molecule has 0 fully saturated rings. The van der Waals surface area contributed by atoms with Gasteiger partial charge in [0.1, 0.15) is 11.8 Å². The van der Waals surface area contributed by atoms with Gasteiger partial charge in [-0.2, -0.15) is 0 Å². The summed E-state index contributed by atoms with van der Waals surface area (Å²) in [5.41, 5.74) is 12.0. The minimum Gasteiger partial charge on any atom is -0.497 e. The van der Waals surface area contributed by atoms with E-state index in [9.17, 15) is 4.79 Å². The molecule has 6 nitrogen and oxygen atoms in total. The van der Waals surface area contributed by atoms with E-state index in [4.69, 9.17) is 16.2 Å². The molecule has 0 aliphatic rings. The molecule has 1 atom stereocenters. The molecule has 0 unspecified atom stereocenters. The van der Waals surface area contributed by atoms with E-state index in [-0.39, 0.29) is 5.96 Å². The van der Waals surface area contributed by atoms with E-state index in [1.807, 2.05) is 31.2 Å². The van der Waals surface area contributed by atoms with Gasteiger partial charge in [0.25, 0.3) is 0 Å². The van der Waals surface area contributed by atoms with E-state index >= 15 is 0 Å². The molecular weight excluding hydrogens is 256 g/mol. The van der Waals surface area contributed by atoms with Crippen LogP contribution in [-0.2, 0) is 11.3 Å². The molecule has 0 bridgehead atoms. The molecule has 20 heavy (non-hydrogen) atoms. The minimum atomic E-state index is -0.473. The lowest BCUT2D eigenvalue weighted by Crippen LogP contribution is -2.47. The van der Waals surface area contributed by atoms with Crippen molar-refractivity contribution in [2.75, 3.05) is 7.11 Å². The molecule has 0 saturated heterocycles. The van der Waals surface area contributed by atoms with Crippen LogP contribution in [0.15, 0.2) is 29.3 Å². The number of guanidine groups is 1. The second-order valence-electron chi connectivity index (χ2n) is 4.44. The quantitative estimate of drug-likeness (QED) is 0.506. The summed E-state index contributed by atoms with van der Waals surface area (Å²) in [6, 6.07) is 7.07. The first-order valence-corrected chi connectivity index (χ1v) is 6.55. The number of rotatable bonds is 7. The number of hydrogen-bond donors (Lipinski definition) is 3. The number of primary amides is 1. The van der Waals surface area contributed by atoms with E-state index in [2.05, 4.69) is 10.3 Å². The van der Waals surface area contributed by atoms with Crippen molar-refractivity contribution in [2.45, 2.75) is 32.4 Å². The molecule has 0 aliphatic carbocycles. The number of nitrogens with zero attached hydrogens (tertiary/aromatic N) is 1. The summed E-state index contributed by atoms with van der Waals surface area (Å²) in [5.74, 6) is 0.591. The molecule has 0 heterocycles. The molecule has 0 aromatic heterocycles. The summed E-state index contributed by atoms with van der Waals surface area (Å²) in [4.78, 5) is 15.4. The van der Waals surface area contributed by atoms with Crippen molar-refractivity contribution in [1.82, 2.24) is 5.32 Å². The standard InChI is InChI=1S/C14H22N4O2/c1-3-4-12(13(15)19)18-14(16)17-9-10-5-7-11(20-2)8-6-10/h5-8,12H,3-4,9H2,1-2H3,(H2,15,19)(H3,16,17,18)/t12-/m0/s1. The Morgan fingerprint density at radius 1 is 1.35 bits per heavy atom. The molecule has 0 aliphatic heterocycles. The van der Waals surface area contributed by atoms with Crippen molar-refractivity contribution in [1.29, 1.82) is 0 Å². The highest BCUT2D eigenvalue weighted by Gasteiger charge is 2.14.